The minimum Gasteiger partial charge on any atom is -0.493 e. The van der Waals surface area contributed by atoms with Crippen LogP contribution in [0.25, 0.3) is 0 Å². The van der Waals surface area contributed by atoms with Crippen molar-refractivity contribution in [2.75, 3.05) is 34.4 Å². The fraction of sp³-hybridized carbons (Fsp3) is 0.385. The van der Waals surface area contributed by atoms with E-state index >= 15 is 0 Å². The summed E-state index contributed by atoms with van der Waals surface area (Å²) in [6, 6.07) is 2.65. The van der Waals surface area contributed by atoms with E-state index < -0.39 is 11.9 Å². The molecule has 1 aliphatic rings. The van der Waals surface area contributed by atoms with Gasteiger partial charge < -0.3 is 19.5 Å². The number of nitrogens with one attached hydrogen (secondary N) is 1. The van der Waals surface area contributed by atoms with Gasteiger partial charge in [-0.05, 0) is 12.1 Å². The quantitative estimate of drug-likeness (QED) is 0.885. The molecule has 0 unspecified atom stereocenters. The molecule has 0 spiro atoms. The fourth-order valence-electron chi connectivity index (χ4n) is 2.03. The number of urea groups is 1. The number of imide groups is 1. The average Bonchev–Trinajstić information content (AvgIpc) is 2.90. The molecule has 1 heterocycles. The molecule has 2 rings (SSSR count). The van der Waals surface area contributed by atoms with Gasteiger partial charge in [-0.15, -0.1) is 0 Å². The number of nitrogens with zero attached hydrogens (tertiary/aromatic N) is 1. The fourth-order valence-corrected chi connectivity index (χ4v) is 2.03. The molecular formula is C13H16N2O5. The number of ether oxygens (including phenoxy) is 3. The molecule has 1 aliphatic heterocycles. The third-order valence-corrected chi connectivity index (χ3v) is 3.01. The lowest BCUT2D eigenvalue weighted by molar-refractivity contribution is 0.0828. The van der Waals surface area contributed by atoms with Crippen LogP contribution < -0.4 is 19.5 Å². The third kappa shape index (κ3) is 2.34. The maximum atomic E-state index is 12.3. The van der Waals surface area contributed by atoms with Crippen LogP contribution >= 0.6 is 0 Å². The molecule has 1 fully saturated rings. The van der Waals surface area contributed by atoms with E-state index in [1.54, 1.807) is 0 Å². The van der Waals surface area contributed by atoms with Crippen molar-refractivity contribution in [3.05, 3.63) is 17.7 Å². The van der Waals surface area contributed by atoms with Gasteiger partial charge in [0.05, 0.1) is 21.3 Å². The zero-order valence-electron chi connectivity index (χ0n) is 11.6. The van der Waals surface area contributed by atoms with Gasteiger partial charge in [-0.3, -0.25) is 9.69 Å². The molecule has 1 aromatic carbocycles. The van der Waals surface area contributed by atoms with E-state index in [1.807, 2.05) is 0 Å². The van der Waals surface area contributed by atoms with E-state index in [4.69, 9.17) is 14.2 Å². The Hall–Kier alpha value is -2.44. The Balaban J connectivity index is 2.41. The highest BCUT2D eigenvalue weighted by molar-refractivity contribution is 6.05. The number of carbonyl (C=O) groups excluding carboxylic acids is 2. The lowest BCUT2D eigenvalue weighted by atomic mass is 10.1. The van der Waals surface area contributed by atoms with E-state index in [9.17, 15) is 9.59 Å². The van der Waals surface area contributed by atoms with Gasteiger partial charge in [-0.2, -0.15) is 0 Å². The SMILES string of the molecule is COc1cc(C(=O)N2CCNC2=O)cc(OC)c1OC. The zero-order valence-corrected chi connectivity index (χ0v) is 11.6. The van der Waals surface area contributed by atoms with E-state index in [2.05, 4.69) is 5.32 Å². The Morgan fingerprint density at radius 1 is 1.15 bits per heavy atom. The molecule has 0 saturated carbocycles. The summed E-state index contributed by atoms with van der Waals surface area (Å²) in [7, 11) is 4.41. The maximum absolute atomic E-state index is 12.3. The van der Waals surface area contributed by atoms with Crippen LogP contribution in [0.5, 0.6) is 17.2 Å². The molecular weight excluding hydrogens is 264 g/mol. The molecule has 108 valence electrons. The summed E-state index contributed by atoms with van der Waals surface area (Å²) < 4.78 is 15.6. The zero-order chi connectivity index (χ0) is 14.7. The summed E-state index contributed by atoms with van der Waals surface area (Å²) in [6.07, 6.45) is 0. The number of rotatable bonds is 4. The molecule has 7 heteroatoms. The average molecular weight is 280 g/mol. The first kappa shape index (κ1) is 14.0. The number of methoxy groups -OCH3 is 3. The van der Waals surface area contributed by atoms with Crippen LogP contribution in [0.4, 0.5) is 4.79 Å². The Kier molecular flexibility index (Phi) is 3.97. The molecule has 1 aromatic rings. The van der Waals surface area contributed by atoms with Crippen molar-refractivity contribution in [1.82, 2.24) is 10.2 Å². The number of hydrogen-bond donors (Lipinski definition) is 1. The standard InChI is InChI=1S/C13H16N2O5/c1-18-9-6-8(7-10(19-2)11(9)20-3)12(16)15-5-4-14-13(15)17/h6-7H,4-5H2,1-3H3,(H,14,17). The number of benzene rings is 1. The lowest BCUT2D eigenvalue weighted by Crippen LogP contribution is -2.34. The van der Waals surface area contributed by atoms with E-state index in [1.165, 1.54) is 33.5 Å². The van der Waals surface area contributed by atoms with Crippen molar-refractivity contribution >= 4 is 11.9 Å². The van der Waals surface area contributed by atoms with Crippen LogP contribution in [0.15, 0.2) is 12.1 Å². The van der Waals surface area contributed by atoms with Crippen LogP contribution in [0, 0.1) is 0 Å². The Morgan fingerprint density at radius 3 is 2.15 bits per heavy atom. The normalized spacial score (nSPS) is 13.9. The van der Waals surface area contributed by atoms with E-state index in [0.717, 1.165) is 4.90 Å². The third-order valence-electron chi connectivity index (χ3n) is 3.01. The van der Waals surface area contributed by atoms with Gasteiger partial charge in [0.2, 0.25) is 5.75 Å². The highest BCUT2D eigenvalue weighted by atomic mass is 16.5. The van der Waals surface area contributed by atoms with Gasteiger partial charge in [-0.1, -0.05) is 0 Å². The van der Waals surface area contributed by atoms with Crippen LogP contribution in [-0.4, -0.2) is 51.3 Å². The molecule has 0 aliphatic carbocycles. The minimum absolute atomic E-state index is 0.302. The first-order valence-electron chi connectivity index (χ1n) is 6.02. The summed E-state index contributed by atoms with van der Waals surface area (Å²) in [5, 5.41) is 2.58. The van der Waals surface area contributed by atoms with Gasteiger partial charge in [0.25, 0.3) is 5.91 Å². The largest absolute Gasteiger partial charge is 0.493 e. The van der Waals surface area contributed by atoms with Crippen molar-refractivity contribution < 1.29 is 23.8 Å². The maximum Gasteiger partial charge on any atom is 0.324 e. The van der Waals surface area contributed by atoms with Crippen molar-refractivity contribution in [3.8, 4) is 17.2 Å². The van der Waals surface area contributed by atoms with Crippen LogP contribution in [-0.2, 0) is 0 Å². The molecule has 1 saturated heterocycles. The highest BCUT2D eigenvalue weighted by Crippen LogP contribution is 2.38. The lowest BCUT2D eigenvalue weighted by Gasteiger charge is -2.16. The summed E-state index contributed by atoms with van der Waals surface area (Å²) in [5.74, 6) is 0.737. The van der Waals surface area contributed by atoms with Gasteiger partial charge in [0, 0.05) is 18.7 Å². The number of amides is 3. The smallest absolute Gasteiger partial charge is 0.324 e. The summed E-state index contributed by atoms with van der Waals surface area (Å²) >= 11 is 0. The molecule has 0 aromatic heterocycles. The second-order valence-electron chi connectivity index (χ2n) is 4.10. The number of carbonyl (C=O) groups is 2. The topological polar surface area (TPSA) is 77.1 Å². The Bertz CT molecular complexity index is 519. The van der Waals surface area contributed by atoms with Crippen LogP contribution in [0.3, 0.4) is 0 Å². The highest BCUT2D eigenvalue weighted by Gasteiger charge is 2.28. The second-order valence-corrected chi connectivity index (χ2v) is 4.10. The Morgan fingerprint density at radius 2 is 1.75 bits per heavy atom. The van der Waals surface area contributed by atoms with E-state index in [-0.39, 0.29) is 0 Å². The molecule has 7 nitrogen and oxygen atoms in total. The summed E-state index contributed by atoms with van der Waals surface area (Å²) in [4.78, 5) is 25.0. The van der Waals surface area contributed by atoms with E-state index in [0.29, 0.717) is 35.9 Å². The van der Waals surface area contributed by atoms with Crippen LogP contribution in [0.1, 0.15) is 10.4 Å². The molecule has 0 radical (unpaired) electrons. The summed E-state index contributed by atoms with van der Waals surface area (Å²) in [5.41, 5.74) is 0.302. The van der Waals surface area contributed by atoms with Crippen molar-refractivity contribution in [2.45, 2.75) is 0 Å². The minimum atomic E-state index is -0.403. The molecule has 1 N–H and O–H groups in total. The van der Waals surface area contributed by atoms with Crippen molar-refractivity contribution in [1.29, 1.82) is 0 Å². The van der Waals surface area contributed by atoms with Gasteiger partial charge >= 0.3 is 6.03 Å². The van der Waals surface area contributed by atoms with Crippen LogP contribution in [0.2, 0.25) is 0 Å². The van der Waals surface area contributed by atoms with Gasteiger partial charge in [0.1, 0.15) is 0 Å². The number of hydrogen-bond acceptors (Lipinski definition) is 5. The monoisotopic (exact) mass is 280 g/mol. The van der Waals surface area contributed by atoms with Crippen molar-refractivity contribution in [3.63, 3.8) is 0 Å². The predicted octanol–water partition coefficient (Wildman–Crippen LogP) is 0.878. The molecule has 0 atom stereocenters. The first-order chi connectivity index (χ1) is 9.62. The second kappa shape index (κ2) is 5.68. The van der Waals surface area contributed by atoms with Gasteiger partial charge in [-0.25, -0.2) is 4.79 Å². The Labute approximate surface area is 116 Å². The molecule has 0 bridgehead atoms. The van der Waals surface area contributed by atoms with Gasteiger partial charge in [0.15, 0.2) is 11.5 Å². The molecule has 3 amide bonds. The molecule has 20 heavy (non-hydrogen) atoms. The van der Waals surface area contributed by atoms with Crippen molar-refractivity contribution in [2.24, 2.45) is 0 Å². The predicted molar refractivity (Wildman–Crippen MR) is 70.5 cm³/mol. The summed E-state index contributed by atoms with van der Waals surface area (Å²) in [6.45, 7) is 0.795. The first-order valence-corrected chi connectivity index (χ1v) is 6.02.